The number of ether oxygens (including phenoxy) is 3. The van der Waals surface area contributed by atoms with E-state index in [9.17, 15) is 14.4 Å². The topological polar surface area (TPSA) is 110 Å². The summed E-state index contributed by atoms with van der Waals surface area (Å²) in [5, 5.41) is 0. The van der Waals surface area contributed by atoms with Gasteiger partial charge in [-0.1, -0.05) is 18.7 Å². The van der Waals surface area contributed by atoms with Crippen LogP contribution >= 0.6 is 0 Å². The quantitative estimate of drug-likeness (QED) is 0.123. The molecule has 0 spiro atoms. The highest BCUT2D eigenvalue weighted by Crippen LogP contribution is 2.43. The van der Waals surface area contributed by atoms with Crippen molar-refractivity contribution in [1.29, 1.82) is 0 Å². The lowest BCUT2D eigenvalue weighted by molar-refractivity contribution is -0.159. The molecule has 2 bridgehead atoms. The van der Waals surface area contributed by atoms with E-state index < -0.39 is 44.8 Å². The van der Waals surface area contributed by atoms with Crippen LogP contribution in [0.1, 0.15) is 34.1 Å². The summed E-state index contributed by atoms with van der Waals surface area (Å²) in [4.78, 5) is 39.8. The fourth-order valence-electron chi connectivity index (χ4n) is 4.61. The van der Waals surface area contributed by atoms with E-state index in [0.29, 0.717) is 32.8 Å². The van der Waals surface area contributed by atoms with Crippen LogP contribution in [0.15, 0.2) is 24.3 Å². The van der Waals surface area contributed by atoms with Gasteiger partial charge < -0.3 is 32.4 Å². The zero-order valence-electron chi connectivity index (χ0n) is 20.3. The molecule has 190 valence electrons. The normalized spacial score (nSPS) is 27.4. The second kappa shape index (κ2) is 11.6. The number of fused-ring (bicyclic) bond motifs is 2. The highest BCUT2D eigenvalue weighted by Gasteiger charge is 2.61. The number of likely N-dealkylation sites (tertiary alicyclic amines) is 1. The van der Waals surface area contributed by atoms with Crippen LogP contribution in [0.5, 0.6) is 0 Å². The van der Waals surface area contributed by atoms with Crippen molar-refractivity contribution in [2.75, 3.05) is 39.6 Å². The first-order valence-corrected chi connectivity index (χ1v) is 13.6. The molecular formula is C23H35NO9Si. The van der Waals surface area contributed by atoms with Crippen LogP contribution in [-0.4, -0.2) is 89.0 Å². The molecule has 5 unspecified atom stereocenters. The Balaban J connectivity index is 1.69. The fraction of sp³-hybridized carbons (Fsp3) is 0.696. The number of amides is 1. The average molecular weight is 498 g/mol. The maximum atomic E-state index is 13.7. The van der Waals surface area contributed by atoms with Crippen LogP contribution in [-0.2, 0) is 41.9 Å². The molecule has 34 heavy (non-hydrogen) atoms. The molecule has 0 aromatic carbocycles. The molecule has 3 aliphatic rings. The van der Waals surface area contributed by atoms with Crippen LogP contribution in [0.4, 0.5) is 0 Å². The van der Waals surface area contributed by atoms with E-state index in [1.165, 1.54) is 6.92 Å². The van der Waals surface area contributed by atoms with Crippen molar-refractivity contribution in [2.24, 2.45) is 11.8 Å². The molecule has 2 saturated heterocycles. The van der Waals surface area contributed by atoms with Gasteiger partial charge in [-0.25, -0.2) is 4.79 Å². The Morgan fingerprint density at radius 2 is 1.53 bits per heavy atom. The number of esters is 2. The third-order valence-corrected chi connectivity index (χ3v) is 9.60. The van der Waals surface area contributed by atoms with E-state index in [1.807, 2.05) is 26.8 Å². The van der Waals surface area contributed by atoms with E-state index in [4.69, 9.17) is 27.5 Å². The molecule has 3 aliphatic heterocycles. The lowest BCUT2D eigenvalue weighted by Gasteiger charge is -2.49. The minimum absolute atomic E-state index is 0.0903. The maximum absolute atomic E-state index is 13.7. The Hall–Kier alpha value is -2.05. The van der Waals surface area contributed by atoms with E-state index in [0.717, 1.165) is 0 Å². The molecule has 0 aromatic rings. The number of rotatable bonds is 13. The third-order valence-electron chi connectivity index (χ3n) is 6.11. The summed E-state index contributed by atoms with van der Waals surface area (Å²) in [5.74, 6) is -2.78. The molecule has 0 saturated carbocycles. The first-order chi connectivity index (χ1) is 16.3. The number of nitrogens with zero attached hydrogens (tertiary/aromatic N) is 1. The lowest BCUT2D eigenvalue weighted by Crippen LogP contribution is -2.71. The Labute approximate surface area is 201 Å². The Morgan fingerprint density at radius 1 is 0.971 bits per heavy atom. The molecule has 3 rings (SSSR count). The minimum atomic E-state index is -3.13. The van der Waals surface area contributed by atoms with Crippen LogP contribution in [0.2, 0.25) is 0 Å². The van der Waals surface area contributed by atoms with E-state index in [1.54, 1.807) is 11.0 Å². The average Bonchev–Trinajstić information content (AvgIpc) is 3.37. The zero-order valence-corrected chi connectivity index (χ0v) is 21.3. The van der Waals surface area contributed by atoms with E-state index in [2.05, 4.69) is 6.58 Å². The van der Waals surface area contributed by atoms with Crippen molar-refractivity contribution >= 4 is 26.7 Å². The molecule has 5 atom stereocenters. The summed E-state index contributed by atoms with van der Waals surface area (Å²) in [6.45, 7) is 12.2. The highest BCUT2D eigenvalue weighted by atomic mass is 28.4. The monoisotopic (exact) mass is 497 g/mol. The first-order valence-electron chi connectivity index (χ1n) is 11.8. The molecule has 10 nitrogen and oxygen atoms in total. The van der Waals surface area contributed by atoms with Crippen molar-refractivity contribution < 1.29 is 41.9 Å². The number of hydrogen-bond acceptors (Lipinski definition) is 9. The van der Waals surface area contributed by atoms with Crippen LogP contribution in [0.25, 0.3) is 0 Å². The second-order valence-electron chi connectivity index (χ2n) is 8.32. The minimum Gasteiger partial charge on any atom is -0.462 e. The summed E-state index contributed by atoms with van der Waals surface area (Å²) in [6.07, 6.45) is 3.28. The van der Waals surface area contributed by atoms with Crippen molar-refractivity contribution in [1.82, 2.24) is 4.90 Å². The van der Waals surface area contributed by atoms with Gasteiger partial charge in [-0.15, -0.1) is 0 Å². The summed E-state index contributed by atoms with van der Waals surface area (Å²) in [5.41, 5.74) is -0.0419. The van der Waals surface area contributed by atoms with Gasteiger partial charge in [0, 0.05) is 31.9 Å². The van der Waals surface area contributed by atoms with Gasteiger partial charge in [0.2, 0.25) is 5.91 Å². The summed E-state index contributed by atoms with van der Waals surface area (Å²) in [6, 6.07) is 0. The van der Waals surface area contributed by atoms with Crippen molar-refractivity contribution in [3.8, 4) is 0 Å². The fourth-order valence-corrected chi connectivity index (χ4v) is 7.76. The van der Waals surface area contributed by atoms with Gasteiger partial charge in [0.25, 0.3) is 0 Å². The Morgan fingerprint density at radius 3 is 2.03 bits per heavy atom. The second-order valence-corrected chi connectivity index (χ2v) is 11.1. The van der Waals surface area contributed by atoms with Crippen molar-refractivity contribution in [3.63, 3.8) is 0 Å². The van der Waals surface area contributed by atoms with Gasteiger partial charge >= 0.3 is 20.7 Å². The molecule has 0 N–H and O–H groups in total. The molecule has 0 aromatic heterocycles. The van der Waals surface area contributed by atoms with Gasteiger partial charge in [0.15, 0.2) is 0 Å². The molecule has 3 heterocycles. The molecule has 0 radical (unpaired) electrons. The largest absolute Gasteiger partial charge is 0.524 e. The summed E-state index contributed by atoms with van der Waals surface area (Å²) in [7, 11) is -3.13. The van der Waals surface area contributed by atoms with Crippen molar-refractivity contribution in [3.05, 3.63) is 24.3 Å². The molecular weight excluding hydrogens is 462 g/mol. The first kappa shape index (κ1) is 26.5. The maximum Gasteiger partial charge on any atom is 0.524 e. The highest BCUT2D eigenvalue weighted by molar-refractivity contribution is 6.63. The number of hydrogen-bond donors (Lipinski definition) is 0. The molecule has 1 amide bonds. The summed E-state index contributed by atoms with van der Waals surface area (Å²) < 4.78 is 34.2. The van der Waals surface area contributed by atoms with Gasteiger partial charge in [0.05, 0.1) is 18.1 Å². The Bertz CT molecular complexity index is 799. The molecule has 11 heteroatoms. The Kier molecular flexibility index (Phi) is 9.05. The molecule has 0 aliphatic carbocycles. The number of carbonyl (C=O) groups excluding carboxylic acids is 3. The van der Waals surface area contributed by atoms with Gasteiger partial charge in [-0.05, 0) is 34.1 Å². The van der Waals surface area contributed by atoms with Gasteiger partial charge in [0.1, 0.15) is 24.8 Å². The predicted octanol–water partition coefficient (Wildman–Crippen LogP) is 1.41. The standard InChI is InChI=1S/C23H35NO9Si/c1-6-30-34(31-7-2,32-8-3)18-11-12-24(18)21(25)19-16-9-10-17(33-16)20(19)23(27)29-14-13-28-22(26)15(4)5/h9-10,16-20H,4,6-8,11-14H2,1-3,5H3. The predicted molar refractivity (Wildman–Crippen MR) is 122 cm³/mol. The SMILES string of the molecule is C=C(C)C(=O)OCCOC(=O)C1C2C=CC(O2)C1C(=O)N1CCC1[Si](OCC)(OCC)OCC. The van der Waals surface area contributed by atoms with Gasteiger partial charge in [-0.2, -0.15) is 0 Å². The van der Waals surface area contributed by atoms with Gasteiger partial charge in [-0.3, -0.25) is 9.59 Å². The lowest BCUT2D eigenvalue weighted by atomic mass is 9.81. The third kappa shape index (κ3) is 5.28. The van der Waals surface area contributed by atoms with E-state index >= 15 is 0 Å². The summed E-state index contributed by atoms with van der Waals surface area (Å²) >= 11 is 0. The zero-order chi connectivity index (χ0) is 24.9. The van der Waals surface area contributed by atoms with Crippen molar-refractivity contribution in [2.45, 2.75) is 52.0 Å². The smallest absolute Gasteiger partial charge is 0.462 e. The number of carbonyl (C=O) groups is 3. The van der Waals surface area contributed by atoms with E-state index in [-0.39, 0.29) is 30.4 Å². The van der Waals surface area contributed by atoms with Crippen LogP contribution in [0, 0.1) is 11.8 Å². The van der Waals surface area contributed by atoms with Crippen LogP contribution in [0.3, 0.4) is 0 Å². The van der Waals surface area contributed by atoms with Crippen LogP contribution < -0.4 is 0 Å². The molecule has 2 fully saturated rings.